The van der Waals surface area contributed by atoms with Gasteiger partial charge in [-0.25, -0.2) is 0 Å². The number of aryl methyl sites for hydroxylation is 1. The molecule has 22 heavy (non-hydrogen) atoms. The highest BCUT2D eigenvalue weighted by atomic mass is 16.5. The van der Waals surface area contributed by atoms with Crippen LogP contribution in [0.15, 0.2) is 4.52 Å². The number of aromatic nitrogens is 1. The zero-order valence-corrected chi connectivity index (χ0v) is 13.1. The summed E-state index contributed by atoms with van der Waals surface area (Å²) >= 11 is 0. The molecule has 1 amide bonds. The maximum atomic E-state index is 12.3. The summed E-state index contributed by atoms with van der Waals surface area (Å²) in [6.45, 7) is 5.29. The number of carbonyl (C=O) groups excluding carboxylic acids is 1. The van der Waals surface area contributed by atoms with Gasteiger partial charge in [0.2, 0.25) is 0 Å². The first kappa shape index (κ1) is 15.5. The second-order valence-corrected chi connectivity index (χ2v) is 6.06. The van der Waals surface area contributed by atoms with Gasteiger partial charge in [0, 0.05) is 31.6 Å². The fourth-order valence-corrected chi connectivity index (χ4v) is 3.15. The molecule has 0 radical (unpaired) electrons. The normalized spacial score (nSPS) is 19.5. The Morgan fingerprint density at radius 2 is 2.00 bits per heavy atom. The first-order valence-corrected chi connectivity index (χ1v) is 8.40. The molecule has 0 saturated carbocycles. The smallest absolute Gasteiger partial charge is 0.273 e. The number of hydrogen-bond donors (Lipinski definition) is 1. The summed E-state index contributed by atoms with van der Waals surface area (Å²) in [5.74, 6) is 0.824. The summed E-state index contributed by atoms with van der Waals surface area (Å²) in [6, 6.07) is 0. The van der Waals surface area contributed by atoms with Gasteiger partial charge in [0.1, 0.15) is 5.76 Å². The molecule has 1 aliphatic heterocycles. The van der Waals surface area contributed by atoms with Gasteiger partial charge in [-0.05, 0) is 32.2 Å². The van der Waals surface area contributed by atoms with Crippen molar-refractivity contribution >= 4 is 5.91 Å². The molecule has 1 aromatic heterocycles. The maximum absolute atomic E-state index is 12.3. The zero-order chi connectivity index (χ0) is 15.2. The van der Waals surface area contributed by atoms with Crippen LogP contribution in [0.1, 0.15) is 47.5 Å². The number of nitrogens with one attached hydrogen (secondary N) is 1. The van der Waals surface area contributed by atoms with Gasteiger partial charge >= 0.3 is 0 Å². The van der Waals surface area contributed by atoms with Gasteiger partial charge in [-0.15, -0.1) is 0 Å². The van der Waals surface area contributed by atoms with Gasteiger partial charge in [0.05, 0.1) is 13.2 Å². The van der Waals surface area contributed by atoms with Crippen LogP contribution in [-0.4, -0.2) is 55.4 Å². The Morgan fingerprint density at radius 3 is 2.86 bits per heavy atom. The summed E-state index contributed by atoms with van der Waals surface area (Å²) in [5, 5.41) is 6.97. The third-order valence-corrected chi connectivity index (χ3v) is 4.46. The number of rotatable bonds is 5. The van der Waals surface area contributed by atoms with Gasteiger partial charge in [0.15, 0.2) is 5.69 Å². The number of amides is 1. The van der Waals surface area contributed by atoms with E-state index in [1.807, 2.05) is 0 Å². The molecule has 0 aromatic carbocycles. The average Bonchev–Trinajstić information content (AvgIpc) is 2.81. The lowest BCUT2D eigenvalue weighted by molar-refractivity contribution is 0.0374. The topological polar surface area (TPSA) is 67.6 Å². The molecule has 0 atom stereocenters. The Balaban J connectivity index is 1.45. The van der Waals surface area contributed by atoms with E-state index in [1.165, 1.54) is 6.42 Å². The Bertz CT molecular complexity index is 495. The number of hydrogen-bond acceptors (Lipinski definition) is 5. The third kappa shape index (κ3) is 3.87. The van der Waals surface area contributed by atoms with Crippen LogP contribution in [0.2, 0.25) is 0 Å². The van der Waals surface area contributed by atoms with Gasteiger partial charge in [-0.3, -0.25) is 9.69 Å². The van der Waals surface area contributed by atoms with E-state index in [-0.39, 0.29) is 5.91 Å². The highest BCUT2D eigenvalue weighted by molar-refractivity contribution is 5.93. The van der Waals surface area contributed by atoms with Crippen LogP contribution in [0.5, 0.6) is 0 Å². The number of ether oxygens (including phenoxy) is 1. The Labute approximate surface area is 131 Å². The number of carbonyl (C=O) groups is 1. The quantitative estimate of drug-likeness (QED) is 0.658. The van der Waals surface area contributed by atoms with Crippen molar-refractivity contribution < 1.29 is 14.1 Å². The van der Waals surface area contributed by atoms with Crippen molar-refractivity contribution in [1.29, 1.82) is 0 Å². The summed E-state index contributed by atoms with van der Waals surface area (Å²) in [5.41, 5.74) is 1.53. The van der Waals surface area contributed by atoms with Crippen LogP contribution in [0.4, 0.5) is 0 Å². The minimum Gasteiger partial charge on any atom is -0.379 e. The van der Waals surface area contributed by atoms with Crippen molar-refractivity contribution in [2.75, 3.05) is 39.4 Å². The van der Waals surface area contributed by atoms with Crippen LogP contribution in [0, 0.1) is 0 Å². The molecule has 3 rings (SSSR count). The van der Waals surface area contributed by atoms with Crippen LogP contribution in [0.25, 0.3) is 0 Å². The number of nitrogens with zero attached hydrogens (tertiary/aromatic N) is 2. The number of fused-ring (bicyclic) bond motifs is 1. The van der Waals surface area contributed by atoms with Crippen molar-refractivity contribution in [1.82, 2.24) is 15.4 Å². The average molecular weight is 307 g/mol. The van der Waals surface area contributed by atoms with E-state index in [0.29, 0.717) is 12.2 Å². The van der Waals surface area contributed by atoms with Crippen molar-refractivity contribution in [2.45, 2.75) is 38.5 Å². The molecule has 1 saturated heterocycles. The molecule has 122 valence electrons. The Kier molecular flexibility index (Phi) is 5.45. The molecule has 1 aliphatic carbocycles. The van der Waals surface area contributed by atoms with Crippen molar-refractivity contribution in [3.05, 3.63) is 17.0 Å². The maximum Gasteiger partial charge on any atom is 0.273 e. The lowest BCUT2D eigenvalue weighted by Crippen LogP contribution is -2.38. The monoisotopic (exact) mass is 307 g/mol. The first-order valence-electron chi connectivity index (χ1n) is 8.40. The highest BCUT2D eigenvalue weighted by Gasteiger charge is 2.22. The van der Waals surface area contributed by atoms with Crippen LogP contribution in [-0.2, 0) is 17.6 Å². The predicted octanol–water partition coefficient (Wildman–Crippen LogP) is 1.40. The first-order chi connectivity index (χ1) is 10.8. The van der Waals surface area contributed by atoms with Crippen LogP contribution >= 0.6 is 0 Å². The molecule has 6 nitrogen and oxygen atoms in total. The van der Waals surface area contributed by atoms with E-state index in [2.05, 4.69) is 15.4 Å². The standard InChI is InChI=1S/C16H25N3O3/c20-16(17-7-4-8-19-9-11-21-12-10-19)15-13-5-2-1-3-6-14(13)22-18-15/h1-12H2,(H,17,20). The largest absolute Gasteiger partial charge is 0.379 e. The molecule has 1 fully saturated rings. The van der Waals surface area contributed by atoms with Gasteiger partial charge in [-0.1, -0.05) is 11.6 Å². The van der Waals surface area contributed by atoms with Crippen LogP contribution in [0.3, 0.4) is 0 Å². The fraction of sp³-hybridized carbons (Fsp3) is 0.750. The van der Waals surface area contributed by atoms with E-state index in [1.54, 1.807) is 0 Å². The van der Waals surface area contributed by atoms with Crippen molar-refractivity contribution in [3.8, 4) is 0 Å². The molecule has 2 heterocycles. The van der Waals surface area contributed by atoms with Crippen LogP contribution < -0.4 is 5.32 Å². The second kappa shape index (κ2) is 7.74. The van der Waals surface area contributed by atoms with E-state index in [9.17, 15) is 4.79 Å². The third-order valence-electron chi connectivity index (χ3n) is 4.46. The van der Waals surface area contributed by atoms with Gasteiger partial charge in [-0.2, -0.15) is 0 Å². The van der Waals surface area contributed by atoms with E-state index < -0.39 is 0 Å². The van der Waals surface area contributed by atoms with Gasteiger partial charge in [0.25, 0.3) is 5.91 Å². The second-order valence-electron chi connectivity index (χ2n) is 6.06. The predicted molar refractivity (Wildman–Crippen MR) is 82.0 cm³/mol. The van der Waals surface area contributed by atoms with Crippen molar-refractivity contribution in [3.63, 3.8) is 0 Å². The Hall–Kier alpha value is -1.40. The van der Waals surface area contributed by atoms with E-state index in [4.69, 9.17) is 9.26 Å². The highest BCUT2D eigenvalue weighted by Crippen LogP contribution is 2.23. The lowest BCUT2D eigenvalue weighted by Gasteiger charge is -2.26. The fourth-order valence-electron chi connectivity index (χ4n) is 3.15. The Morgan fingerprint density at radius 1 is 1.18 bits per heavy atom. The van der Waals surface area contributed by atoms with E-state index in [0.717, 1.165) is 76.3 Å². The summed E-state index contributed by atoms with van der Waals surface area (Å²) in [4.78, 5) is 14.6. The minimum absolute atomic E-state index is 0.0890. The van der Waals surface area contributed by atoms with Gasteiger partial charge < -0.3 is 14.6 Å². The molecule has 0 bridgehead atoms. The molecule has 0 unspecified atom stereocenters. The molecular formula is C16H25N3O3. The molecule has 1 N–H and O–H groups in total. The summed E-state index contributed by atoms with van der Waals surface area (Å²) in [6.07, 6.45) is 6.22. The summed E-state index contributed by atoms with van der Waals surface area (Å²) in [7, 11) is 0. The number of morpholine rings is 1. The molecule has 2 aliphatic rings. The molecule has 1 aromatic rings. The SMILES string of the molecule is O=C(NCCCN1CCOCC1)c1noc2c1CCCCC2. The van der Waals surface area contributed by atoms with E-state index >= 15 is 0 Å². The molecule has 0 spiro atoms. The molecular weight excluding hydrogens is 282 g/mol. The summed E-state index contributed by atoms with van der Waals surface area (Å²) < 4.78 is 10.7. The molecule has 6 heteroatoms. The van der Waals surface area contributed by atoms with Crippen molar-refractivity contribution in [2.24, 2.45) is 0 Å². The minimum atomic E-state index is -0.0890. The lowest BCUT2D eigenvalue weighted by atomic mass is 10.1. The zero-order valence-electron chi connectivity index (χ0n) is 13.1.